The highest BCUT2D eigenvalue weighted by atomic mass is 19.2. The molecule has 0 bridgehead atoms. The van der Waals surface area contributed by atoms with Gasteiger partial charge in [0.2, 0.25) is 11.6 Å². The van der Waals surface area contributed by atoms with E-state index < -0.39 is 17.5 Å². The van der Waals surface area contributed by atoms with Gasteiger partial charge in [-0.25, -0.2) is 4.39 Å². The van der Waals surface area contributed by atoms with Crippen molar-refractivity contribution < 1.29 is 22.6 Å². The maximum absolute atomic E-state index is 15.0. The van der Waals surface area contributed by atoms with Crippen molar-refractivity contribution in [2.45, 2.75) is 57.8 Å². The van der Waals surface area contributed by atoms with Crippen molar-refractivity contribution >= 4 is 0 Å². The molecule has 160 valence electrons. The third-order valence-electron chi connectivity index (χ3n) is 6.36. The third kappa shape index (κ3) is 3.82. The van der Waals surface area contributed by atoms with Gasteiger partial charge < -0.3 is 9.47 Å². The molecule has 0 radical (unpaired) electrons. The first-order chi connectivity index (χ1) is 14.5. The highest BCUT2D eigenvalue weighted by molar-refractivity contribution is 5.55. The second kappa shape index (κ2) is 8.75. The average Bonchev–Trinajstić information content (AvgIpc) is 2.76. The molecule has 0 atom stereocenters. The van der Waals surface area contributed by atoms with Crippen LogP contribution in [0.5, 0.6) is 17.2 Å². The van der Waals surface area contributed by atoms with E-state index >= 15 is 0 Å². The van der Waals surface area contributed by atoms with Gasteiger partial charge in [-0.2, -0.15) is 8.78 Å². The van der Waals surface area contributed by atoms with E-state index in [4.69, 9.17) is 9.47 Å². The fraction of sp³-hybridized carbons (Fsp3) is 0.440. The van der Waals surface area contributed by atoms with Crippen LogP contribution >= 0.6 is 0 Å². The van der Waals surface area contributed by atoms with Crippen molar-refractivity contribution in [1.82, 2.24) is 0 Å². The quantitative estimate of drug-likeness (QED) is 0.389. The van der Waals surface area contributed by atoms with Gasteiger partial charge in [-0.3, -0.25) is 0 Å². The summed E-state index contributed by atoms with van der Waals surface area (Å²) in [6.45, 7) is 5.82. The van der Waals surface area contributed by atoms with E-state index in [9.17, 15) is 13.2 Å². The molecular formula is C25H27F3O2. The lowest BCUT2D eigenvalue weighted by atomic mass is 9.76. The van der Waals surface area contributed by atoms with E-state index in [0.29, 0.717) is 35.6 Å². The second-order valence-electron chi connectivity index (χ2n) is 8.24. The summed E-state index contributed by atoms with van der Waals surface area (Å²) in [6, 6.07) is 5.00. The van der Waals surface area contributed by atoms with Crippen LogP contribution in [0, 0.1) is 23.4 Å². The molecule has 1 aliphatic heterocycles. The van der Waals surface area contributed by atoms with Crippen LogP contribution in [0.2, 0.25) is 0 Å². The molecule has 0 N–H and O–H groups in total. The Morgan fingerprint density at radius 2 is 1.77 bits per heavy atom. The Balaban J connectivity index is 1.59. The predicted octanol–water partition coefficient (Wildman–Crippen LogP) is 7.44. The van der Waals surface area contributed by atoms with Crippen molar-refractivity contribution in [3.8, 4) is 17.2 Å². The number of halogens is 3. The third-order valence-corrected chi connectivity index (χ3v) is 6.36. The smallest absolute Gasteiger partial charge is 0.207 e. The van der Waals surface area contributed by atoms with E-state index in [1.165, 1.54) is 0 Å². The van der Waals surface area contributed by atoms with E-state index in [-0.39, 0.29) is 23.2 Å². The maximum Gasteiger partial charge on any atom is 0.207 e. The van der Waals surface area contributed by atoms with E-state index in [2.05, 4.69) is 6.58 Å². The van der Waals surface area contributed by atoms with Gasteiger partial charge in [0.1, 0.15) is 0 Å². The molecule has 2 aromatic carbocycles. The standard InChI is InChI=1S/C25H27F3O2/c1-3-5-6-15-7-9-16(10-8-15)19-14-18-13-17-11-12-20(29-4-2)22(27)24(17)30-25(18)23(28)21(19)26/h3,11-12,14-16H,1,4-10,13H2,2H3. The molecule has 5 heteroatoms. The Morgan fingerprint density at radius 3 is 2.47 bits per heavy atom. The maximum atomic E-state index is 15.0. The minimum absolute atomic E-state index is 0.00300. The van der Waals surface area contributed by atoms with E-state index in [0.717, 1.165) is 38.5 Å². The number of ether oxygens (including phenoxy) is 2. The molecule has 2 nitrogen and oxygen atoms in total. The number of benzene rings is 2. The summed E-state index contributed by atoms with van der Waals surface area (Å²) in [4.78, 5) is 0. The van der Waals surface area contributed by atoms with Gasteiger partial charge in [-0.1, -0.05) is 12.1 Å². The predicted molar refractivity (Wildman–Crippen MR) is 111 cm³/mol. The summed E-state index contributed by atoms with van der Waals surface area (Å²) in [6.07, 6.45) is 8.06. The molecule has 0 unspecified atom stereocenters. The molecule has 0 spiro atoms. The number of rotatable bonds is 6. The molecule has 30 heavy (non-hydrogen) atoms. The first-order valence-corrected chi connectivity index (χ1v) is 10.8. The van der Waals surface area contributed by atoms with Crippen LogP contribution in [0.4, 0.5) is 13.2 Å². The lowest BCUT2D eigenvalue weighted by Gasteiger charge is -2.30. The molecular weight excluding hydrogens is 389 g/mol. The van der Waals surface area contributed by atoms with Gasteiger partial charge in [0.25, 0.3) is 0 Å². The van der Waals surface area contributed by atoms with Gasteiger partial charge in [-0.05, 0) is 75.0 Å². The van der Waals surface area contributed by atoms with Gasteiger partial charge >= 0.3 is 0 Å². The van der Waals surface area contributed by atoms with Gasteiger partial charge in [0, 0.05) is 17.5 Å². The molecule has 0 amide bonds. The van der Waals surface area contributed by atoms with Gasteiger partial charge in [0.05, 0.1) is 6.61 Å². The normalized spacial score (nSPS) is 20.1. The Hall–Kier alpha value is -2.43. The number of allylic oxidation sites excluding steroid dienone is 1. The molecule has 0 aromatic heterocycles. The van der Waals surface area contributed by atoms with Crippen LogP contribution < -0.4 is 9.47 Å². The van der Waals surface area contributed by atoms with Crippen LogP contribution in [0.1, 0.15) is 68.1 Å². The summed E-state index contributed by atoms with van der Waals surface area (Å²) in [7, 11) is 0. The van der Waals surface area contributed by atoms with Crippen LogP contribution in [0.3, 0.4) is 0 Å². The topological polar surface area (TPSA) is 18.5 Å². The zero-order valence-electron chi connectivity index (χ0n) is 17.3. The summed E-state index contributed by atoms with van der Waals surface area (Å²) < 4.78 is 55.4. The Kier molecular flexibility index (Phi) is 6.07. The fourth-order valence-electron chi connectivity index (χ4n) is 4.74. The molecule has 1 heterocycles. The van der Waals surface area contributed by atoms with Crippen molar-refractivity contribution in [2.24, 2.45) is 5.92 Å². The van der Waals surface area contributed by atoms with Crippen molar-refractivity contribution in [3.05, 3.63) is 65.0 Å². The monoisotopic (exact) mass is 416 g/mol. The van der Waals surface area contributed by atoms with Gasteiger partial charge in [0.15, 0.2) is 23.1 Å². The van der Waals surface area contributed by atoms with Crippen LogP contribution in [0.25, 0.3) is 0 Å². The Labute approximate surface area is 175 Å². The van der Waals surface area contributed by atoms with Crippen molar-refractivity contribution in [2.75, 3.05) is 6.61 Å². The number of hydrogen-bond acceptors (Lipinski definition) is 2. The fourth-order valence-corrected chi connectivity index (χ4v) is 4.74. The molecule has 0 saturated heterocycles. The summed E-state index contributed by atoms with van der Waals surface area (Å²) in [5.41, 5.74) is 1.59. The summed E-state index contributed by atoms with van der Waals surface area (Å²) >= 11 is 0. The van der Waals surface area contributed by atoms with Crippen LogP contribution in [-0.2, 0) is 6.42 Å². The molecule has 1 fully saturated rings. The van der Waals surface area contributed by atoms with Crippen molar-refractivity contribution in [3.63, 3.8) is 0 Å². The lowest BCUT2D eigenvalue weighted by Crippen LogP contribution is -2.16. The Morgan fingerprint density at radius 1 is 1.03 bits per heavy atom. The molecule has 4 rings (SSSR count). The van der Waals surface area contributed by atoms with E-state index in [1.807, 2.05) is 6.08 Å². The van der Waals surface area contributed by atoms with Crippen molar-refractivity contribution in [1.29, 1.82) is 0 Å². The largest absolute Gasteiger partial charge is 0.491 e. The first kappa shape index (κ1) is 20.8. The molecule has 2 aliphatic rings. The number of hydrogen-bond donors (Lipinski definition) is 0. The minimum Gasteiger partial charge on any atom is -0.491 e. The van der Waals surface area contributed by atoms with Gasteiger partial charge in [-0.15, -0.1) is 6.58 Å². The van der Waals surface area contributed by atoms with Crippen LogP contribution in [-0.4, -0.2) is 6.61 Å². The SMILES string of the molecule is C=CCCC1CCC(c2cc3c(c(F)c2F)Oc2c(ccc(OCC)c2F)C3)CC1. The minimum atomic E-state index is -1.02. The summed E-state index contributed by atoms with van der Waals surface area (Å²) in [5, 5.41) is 0. The van der Waals surface area contributed by atoms with Crippen LogP contribution in [0.15, 0.2) is 30.9 Å². The zero-order chi connectivity index (χ0) is 21.3. The number of fused-ring (bicyclic) bond motifs is 2. The average molecular weight is 416 g/mol. The highest BCUT2D eigenvalue weighted by Gasteiger charge is 2.32. The molecule has 2 aromatic rings. The molecule has 1 saturated carbocycles. The highest BCUT2D eigenvalue weighted by Crippen LogP contribution is 2.46. The Bertz CT molecular complexity index is 946. The molecule has 1 aliphatic carbocycles. The lowest BCUT2D eigenvalue weighted by molar-refractivity contribution is 0.302. The van der Waals surface area contributed by atoms with E-state index in [1.54, 1.807) is 25.1 Å². The second-order valence-corrected chi connectivity index (χ2v) is 8.24. The zero-order valence-corrected chi connectivity index (χ0v) is 17.3. The first-order valence-electron chi connectivity index (χ1n) is 10.8. The summed E-state index contributed by atoms with van der Waals surface area (Å²) in [5.74, 6) is -2.19.